The van der Waals surface area contributed by atoms with Gasteiger partial charge in [-0.05, 0) is 24.1 Å². The van der Waals surface area contributed by atoms with Crippen molar-refractivity contribution in [3.8, 4) is 11.1 Å². The number of hydrogen-bond acceptors (Lipinski definition) is 3. The Hall–Kier alpha value is -2.38. The van der Waals surface area contributed by atoms with Gasteiger partial charge in [0.05, 0.1) is 11.3 Å². The van der Waals surface area contributed by atoms with E-state index in [4.69, 9.17) is 0 Å². The first-order chi connectivity index (χ1) is 11.5. The van der Waals surface area contributed by atoms with Crippen LogP contribution in [0.1, 0.15) is 30.1 Å². The summed E-state index contributed by atoms with van der Waals surface area (Å²) < 4.78 is 22.9. The van der Waals surface area contributed by atoms with Gasteiger partial charge < -0.3 is 10.4 Å². The van der Waals surface area contributed by atoms with E-state index in [0.29, 0.717) is 23.5 Å². The van der Waals surface area contributed by atoms with Crippen molar-refractivity contribution in [3.05, 3.63) is 48.0 Å². The highest BCUT2D eigenvalue weighted by Gasteiger charge is 2.17. The van der Waals surface area contributed by atoms with E-state index in [9.17, 15) is 18.7 Å². The van der Waals surface area contributed by atoms with Crippen LogP contribution in [0.5, 0.6) is 0 Å². The van der Waals surface area contributed by atoms with Crippen LogP contribution in [0.15, 0.2) is 42.5 Å². The van der Waals surface area contributed by atoms with Crippen molar-refractivity contribution in [1.29, 1.82) is 0 Å². The van der Waals surface area contributed by atoms with Gasteiger partial charge in [-0.3, -0.25) is 9.27 Å². The van der Waals surface area contributed by atoms with E-state index < -0.39 is 17.2 Å². The molecule has 0 heterocycles. The van der Waals surface area contributed by atoms with Crippen molar-refractivity contribution in [2.45, 2.75) is 19.8 Å². The van der Waals surface area contributed by atoms with Gasteiger partial charge in [0.2, 0.25) is 0 Å². The molecule has 7 heteroatoms. The van der Waals surface area contributed by atoms with Crippen LogP contribution < -0.4 is 10.0 Å². The van der Waals surface area contributed by atoms with Gasteiger partial charge in [0.1, 0.15) is 0 Å². The highest BCUT2D eigenvalue weighted by molar-refractivity contribution is 7.80. The van der Waals surface area contributed by atoms with Crippen LogP contribution in [-0.2, 0) is 11.3 Å². The van der Waals surface area contributed by atoms with E-state index in [1.165, 1.54) is 6.07 Å². The third kappa shape index (κ3) is 4.56. The zero-order valence-corrected chi connectivity index (χ0v) is 14.1. The molecule has 0 radical (unpaired) electrons. The topological polar surface area (TPSA) is 98.7 Å². The molecule has 2 aromatic rings. The van der Waals surface area contributed by atoms with Crippen molar-refractivity contribution in [1.82, 2.24) is 0 Å². The number of aromatic carboxylic acids is 1. The summed E-state index contributed by atoms with van der Waals surface area (Å²) in [6, 6.07) is 12.2. The molecule has 0 aromatic heterocycles. The molecule has 0 bridgehead atoms. The fraction of sp³-hybridized carbons (Fsp3) is 0.235. The number of anilines is 2. The van der Waals surface area contributed by atoms with Gasteiger partial charge >= 0.3 is 5.97 Å². The van der Waals surface area contributed by atoms with Crippen LogP contribution in [0, 0.1) is 0 Å². The number of hydrogen-bond donors (Lipinski definition) is 4. The third-order valence-electron chi connectivity index (χ3n) is 3.49. The van der Waals surface area contributed by atoms with Gasteiger partial charge in [0, 0.05) is 17.8 Å². The summed E-state index contributed by atoms with van der Waals surface area (Å²) in [5.74, 6) is -1.10. The van der Waals surface area contributed by atoms with Gasteiger partial charge in [-0.25, -0.2) is 9.00 Å². The number of benzene rings is 2. The fourth-order valence-corrected chi connectivity index (χ4v) is 2.74. The lowest BCUT2D eigenvalue weighted by Crippen LogP contribution is -2.10. The molecule has 0 aliphatic rings. The average molecular weight is 348 g/mol. The van der Waals surface area contributed by atoms with Crippen molar-refractivity contribution >= 4 is 28.6 Å². The molecular formula is C17H20N2O4S. The molecule has 0 saturated carbocycles. The van der Waals surface area contributed by atoms with Crippen molar-refractivity contribution < 1.29 is 18.7 Å². The first-order valence-corrected chi connectivity index (χ1v) is 8.71. The number of carbonyl (C=O) groups is 1. The molecule has 0 fully saturated rings. The van der Waals surface area contributed by atoms with Crippen molar-refractivity contribution in [2.75, 3.05) is 16.6 Å². The number of carboxylic acid groups (broad SMARTS) is 1. The lowest BCUT2D eigenvalue weighted by molar-refractivity contribution is 0.0697. The van der Waals surface area contributed by atoms with E-state index in [-0.39, 0.29) is 5.56 Å². The minimum Gasteiger partial charge on any atom is -0.478 e. The second-order valence-electron chi connectivity index (χ2n) is 5.25. The summed E-state index contributed by atoms with van der Waals surface area (Å²) in [5, 5.41) is 12.5. The number of unbranched alkanes of at least 4 members (excludes halogenated alkanes) is 1. The summed E-state index contributed by atoms with van der Waals surface area (Å²) in [6.45, 7) is 2.75. The number of carboxylic acids is 1. The highest BCUT2D eigenvalue weighted by atomic mass is 32.2. The Bertz CT molecular complexity index is 735. The molecule has 0 amide bonds. The van der Waals surface area contributed by atoms with Gasteiger partial charge in [0.15, 0.2) is 0 Å². The largest absolute Gasteiger partial charge is 0.478 e. The smallest absolute Gasteiger partial charge is 0.335 e. The summed E-state index contributed by atoms with van der Waals surface area (Å²) in [7, 11) is 0. The molecule has 2 aromatic carbocycles. The molecule has 0 spiro atoms. The van der Waals surface area contributed by atoms with E-state index in [1.807, 2.05) is 30.3 Å². The molecule has 1 unspecified atom stereocenters. The second-order valence-corrected chi connectivity index (χ2v) is 5.95. The minimum absolute atomic E-state index is 0.0432. The Balaban J connectivity index is 2.60. The Morgan fingerprint density at radius 1 is 1.17 bits per heavy atom. The van der Waals surface area contributed by atoms with Crippen LogP contribution in [0.3, 0.4) is 0 Å². The van der Waals surface area contributed by atoms with Gasteiger partial charge in [-0.15, -0.1) is 0 Å². The standard InChI is InChI=1S/C17H20N2O4S/c1-2-3-9-18-14-10-13(17(20)21)11-15(19-24(22)23)16(14)12-7-5-4-6-8-12/h4-8,10-11,18-19H,2-3,9H2,1H3,(H,20,21)(H,22,23). The average Bonchev–Trinajstić information content (AvgIpc) is 2.55. The Morgan fingerprint density at radius 3 is 2.42 bits per heavy atom. The Kier molecular flexibility index (Phi) is 6.34. The van der Waals surface area contributed by atoms with Crippen LogP contribution in [0.25, 0.3) is 11.1 Å². The van der Waals surface area contributed by atoms with Crippen molar-refractivity contribution in [2.24, 2.45) is 0 Å². The zero-order chi connectivity index (χ0) is 17.5. The molecule has 1 atom stereocenters. The maximum Gasteiger partial charge on any atom is 0.335 e. The maximum absolute atomic E-state index is 11.4. The van der Waals surface area contributed by atoms with E-state index in [2.05, 4.69) is 17.0 Å². The van der Waals surface area contributed by atoms with Crippen molar-refractivity contribution in [3.63, 3.8) is 0 Å². The maximum atomic E-state index is 11.4. The van der Waals surface area contributed by atoms with E-state index >= 15 is 0 Å². The number of nitrogens with one attached hydrogen (secondary N) is 2. The fourth-order valence-electron chi connectivity index (χ4n) is 2.40. The molecule has 4 N–H and O–H groups in total. The molecule has 24 heavy (non-hydrogen) atoms. The third-order valence-corrected chi connectivity index (χ3v) is 3.89. The first-order valence-electron chi connectivity index (χ1n) is 7.61. The number of rotatable bonds is 8. The van der Waals surface area contributed by atoms with Gasteiger partial charge in [-0.2, -0.15) is 0 Å². The summed E-state index contributed by atoms with van der Waals surface area (Å²) >= 11 is -2.31. The summed E-state index contributed by atoms with van der Waals surface area (Å²) in [5.41, 5.74) is 2.44. The van der Waals surface area contributed by atoms with E-state index in [1.54, 1.807) is 6.07 Å². The molecule has 6 nitrogen and oxygen atoms in total. The van der Waals surface area contributed by atoms with Crippen LogP contribution in [-0.4, -0.2) is 26.4 Å². The normalized spacial score (nSPS) is 11.8. The minimum atomic E-state index is -2.31. The van der Waals surface area contributed by atoms with Crippen LogP contribution >= 0.6 is 0 Å². The first kappa shape index (κ1) is 18.0. The van der Waals surface area contributed by atoms with Gasteiger partial charge in [-0.1, -0.05) is 43.7 Å². The Morgan fingerprint density at radius 2 is 1.83 bits per heavy atom. The van der Waals surface area contributed by atoms with Crippen LogP contribution in [0.2, 0.25) is 0 Å². The predicted molar refractivity (Wildman–Crippen MR) is 96.6 cm³/mol. The van der Waals surface area contributed by atoms with E-state index in [0.717, 1.165) is 18.4 Å². The zero-order valence-electron chi connectivity index (χ0n) is 13.3. The second kappa shape index (κ2) is 8.47. The molecule has 0 aliphatic carbocycles. The molecule has 0 saturated heterocycles. The lowest BCUT2D eigenvalue weighted by Gasteiger charge is -2.18. The summed E-state index contributed by atoms with van der Waals surface area (Å²) in [6.07, 6.45) is 1.93. The quantitative estimate of drug-likeness (QED) is 0.429. The molecule has 0 aliphatic heterocycles. The predicted octanol–water partition coefficient (Wildman–Crippen LogP) is 3.81. The van der Waals surface area contributed by atoms with Gasteiger partial charge in [0.25, 0.3) is 11.3 Å². The highest BCUT2D eigenvalue weighted by Crippen LogP contribution is 2.37. The SMILES string of the molecule is CCCCNc1cc(C(=O)O)cc(NS(=O)O)c1-c1ccccc1. The lowest BCUT2D eigenvalue weighted by atomic mass is 9.99. The Labute approximate surface area is 143 Å². The summed E-state index contributed by atoms with van der Waals surface area (Å²) in [4.78, 5) is 11.4. The van der Waals surface area contributed by atoms with Crippen LogP contribution in [0.4, 0.5) is 11.4 Å². The molecule has 128 valence electrons. The monoisotopic (exact) mass is 348 g/mol. The molecular weight excluding hydrogens is 328 g/mol. The molecule has 2 rings (SSSR count).